The lowest BCUT2D eigenvalue weighted by molar-refractivity contribution is -0.115. The summed E-state index contributed by atoms with van der Waals surface area (Å²) in [6.45, 7) is 2.78. The summed E-state index contributed by atoms with van der Waals surface area (Å²) in [5.74, 6) is -0.772. The van der Waals surface area contributed by atoms with Crippen LogP contribution < -0.4 is 16.0 Å². The van der Waals surface area contributed by atoms with E-state index in [1.165, 1.54) is 20.9 Å². The molecule has 0 radical (unpaired) electrons. The van der Waals surface area contributed by atoms with Gasteiger partial charge in [-0.05, 0) is 67.8 Å². The first-order chi connectivity index (χ1) is 9.70. The van der Waals surface area contributed by atoms with E-state index in [2.05, 4.69) is 16.0 Å². The Balaban J connectivity index is 3.69. The molecule has 114 valence electrons. The minimum Gasteiger partial charge on any atom is -0.355 e. The van der Waals surface area contributed by atoms with Crippen LogP contribution in [0.4, 0.5) is 11.4 Å². The van der Waals surface area contributed by atoms with Gasteiger partial charge in [-0.25, -0.2) is 0 Å². The fraction of sp³-hybridized carbons (Fsp3) is 0.250. The quantitative estimate of drug-likeness (QED) is 0.451. The van der Waals surface area contributed by atoms with Gasteiger partial charge in [0.15, 0.2) is 0 Å². The second kappa shape index (κ2) is 7.89. The average molecular weight is 627 g/mol. The van der Waals surface area contributed by atoms with E-state index in [0.717, 1.165) is 0 Å². The Labute approximate surface area is 163 Å². The zero-order valence-corrected chi connectivity index (χ0v) is 17.8. The van der Waals surface area contributed by atoms with Crippen LogP contribution in [-0.4, -0.2) is 24.8 Å². The second-order valence-corrected chi connectivity index (χ2v) is 7.24. The number of anilines is 2. The Morgan fingerprint density at radius 2 is 1.19 bits per heavy atom. The first-order valence-electron chi connectivity index (χ1n) is 5.68. The summed E-state index contributed by atoms with van der Waals surface area (Å²) in [5, 5.41) is 7.99. The van der Waals surface area contributed by atoms with Crippen LogP contribution in [0.15, 0.2) is 0 Å². The highest BCUT2D eigenvalue weighted by atomic mass is 127. The van der Waals surface area contributed by atoms with Crippen molar-refractivity contribution in [2.75, 3.05) is 17.7 Å². The van der Waals surface area contributed by atoms with Crippen molar-refractivity contribution in [2.45, 2.75) is 13.8 Å². The number of amides is 3. The van der Waals surface area contributed by atoms with Gasteiger partial charge in [-0.3, -0.25) is 14.4 Å². The Kier molecular flexibility index (Phi) is 7.09. The first kappa shape index (κ1) is 18.9. The number of hydrogen-bond donors (Lipinski definition) is 3. The molecule has 0 fully saturated rings. The maximum Gasteiger partial charge on any atom is 0.253 e. The third-order valence-electron chi connectivity index (χ3n) is 2.37. The van der Waals surface area contributed by atoms with Crippen LogP contribution >= 0.6 is 67.8 Å². The number of nitrogens with one attached hydrogen (secondary N) is 3. The zero-order valence-electron chi connectivity index (χ0n) is 11.4. The molecule has 0 spiro atoms. The number of carbonyl (C=O) groups excluding carboxylic acids is 3. The summed E-state index contributed by atoms with van der Waals surface area (Å²) >= 11 is 6.07. The van der Waals surface area contributed by atoms with Crippen LogP contribution in [0.2, 0.25) is 0 Å². The zero-order chi connectivity index (χ0) is 16.3. The Hall–Kier alpha value is -0.180. The maximum atomic E-state index is 12.1. The average Bonchev–Trinajstić information content (AvgIpc) is 2.39. The highest BCUT2D eigenvalue weighted by Gasteiger charge is 2.24. The third-order valence-corrected chi connectivity index (χ3v) is 5.61. The van der Waals surface area contributed by atoms with Crippen molar-refractivity contribution in [1.82, 2.24) is 5.32 Å². The van der Waals surface area contributed by atoms with Crippen molar-refractivity contribution in [3.05, 3.63) is 16.3 Å². The number of hydrogen-bond acceptors (Lipinski definition) is 3. The van der Waals surface area contributed by atoms with Crippen molar-refractivity contribution >= 4 is 96.9 Å². The van der Waals surface area contributed by atoms with Gasteiger partial charge in [0, 0.05) is 20.9 Å². The summed E-state index contributed by atoms with van der Waals surface area (Å²) in [6.07, 6.45) is 0. The van der Waals surface area contributed by atoms with Gasteiger partial charge in [0.05, 0.1) is 27.6 Å². The van der Waals surface area contributed by atoms with E-state index in [1.54, 1.807) is 0 Å². The van der Waals surface area contributed by atoms with E-state index in [1.807, 2.05) is 67.8 Å². The molecule has 3 N–H and O–H groups in total. The fourth-order valence-electron chi connectivity index (χ4n) is 1.56. The van der Waals surface area contributed by atoms with Crippen molar-refractivity contribution in [3.8, 4) is 0 Å². The standard InChI is InChI=1S/C12H12I3N3O3/c1-4(19)17-10-7(13)6(12(21)16-3)8(14)11(9(10)15)18-5(2)20/h1-3H3,(H,16,21)(H,17,19)(H,18,20). The first-order valence-corrected chi connectivity index (χ1v) is 8.92. The summed E-state index contributed by atoms with van der Waals surface area (Å²) in [5.41, 5.74) is 1.46. The Bertz CT molecular complexity index is 589. The molecule has 0 atom stereocenters. The lowest BCUT2D eigenvalue weighted by Crippen LogP contribution is -2.24. The minimum atomic E-state index is -0.279. The van der Waals surface area contributed by atoms with Crippen LogP contribution in [0.5, 0.6) is 0 Å². The van der Waals surface area contributed by atoms with Gasteiger partial charge >= 0.3 is 0 Å². The topological polar surface area (TPSA) is 87.3 Å². The summed E-state index contributed by atoms with van der Waals surface area (Å²) < 4.78 is 1.94. The molecule has 0 saturated heterocycles. The van der Waals surface area contributed by atoms with Gasteiger partial charge in [-0.15, -0.1) is 0 Å². The number of carbonyl (C=O) groups is 3. The molecule has 1 rings (SSSR count). The highest BCUT2D eigenvalue weighted by Crippen LogP contribution is 2.38. The van der Waals surface area contributed by atoms with Crippen molar-refractivity contribution < 1.29 is 14.4 Å². The van der Waals surface area contributed by atoms with E-state index in [9.17, 15) is 14.4 Å². The molecule has 0 bridgehead atoms. The third kappa shape index (κ3) is 4.40. The maximum absolute atomic E-state index is 12.1. The lowest BCUT2D eigenvalue weighted by atomic mass is 10.1. The van der Waals surface area contributed by atoms with Gasteiger partial charge in [-0.1, -0.05) is 0 Å². The number of halogens is 3. The monoisotopic (exact) mass is 627 g/mol. The van der Waals surface area contributed by atoms with Gasteiger partial charge in [0.1, 0.15) is 0 Å². The van der Waals surface area contributed by atoms with Gasteiger partial charge in [-0.2, -0.15) is 0 Å². The normalized spacial score (nSPS) is 10.0. The van der Waals surface area contributed by atoms with Gasteiger partial charge in [0.25, 0.3) is 5.91 Å². The molecule has 0 aromatic heterocycles. The van der Waals surface area contributed by atoms with Crippen molar-refractivity contribution in [2.24, 2.45) is 0 Å². The molecule has 0 unspecified atom stereocenters. The van der Waals surface area contributed by atoms with Crippen molar-refractivity contribution in [1.29, 1.82) is 0 Å². The number of benzene rings is 1. The summed E-state index contributed by atoms with van der Waals surface area (Å²) in [6, 6.07) is 0. The second-order valence-electron chi connectivity index (χ2n) is 4.01. The van der Waals surface area contributed by atoms with Crippen LogP contribution in [0, 0.1) is 10.7 Å². The SMILES string of the molecule is CNC(=O)c1c(I)c(NC(C)=O)c(I)c(NC(C)=O)c1I. The molecule has 0 saturated carbocycles. The van der Waals surface area contributed by atoms with E-state index >= 15 is 0 Å². The molecule has 1 aromatic carbocycles. The van der Waals surface area contributed by atoms with Crippen LogP contribution in [-0.2, 0) is 9.59 Å². The lowest BCUT2D eigenvalue weighted by Gasteiger charge is -2.19. The van der Waals surface area contributed by atoms with Gasteiger partial charge in [0.2, 0.25) is 11.8 Å². The molecule has 6 nitrogen and oxygen atoms in total. The fourth-order valence-corrected chi connectivity index (χ4v) is 5.76. The molecular formula is C12H12I3N3O3. The largest absolute Gasteiger partial charge is 0.355 e. The number of rotatable bonds is 3. The summed E-state index contributed by atoms with van der Waals surface area (Å²) in [4.78, 5) is 34.9. The molecule has 1 aromatic rings. The van der Waals surface area contributed by atoms with E-state index in [-0.39, 0.29) is 17.7 Å². The molecule has 0 aliphatic rings. The molecule has 21 heavy (non-hydrogen) atoms. The predicted octanol–water partition coefficient (Wildman–Crippen LogP) is 2.78. The molecule has 0 aliphatic heterocycles. The van der Waals surface area contributed by atoms with Gasteiger partial charge < -0.3 is 16.0 Å². The van der Waals surface area contributed by atoms with Crippen LogP contribution in [0.3, 0.4) is 0 Å². The molecule has 0 aliphatic carbocycles. The van der Waals surface area contributed by atoms with Crippen LogP contribution in [0.1, 0.15) is 24.2 Å². The van der Waals surface area contributed by atoms with Crippen molar-refractivity contribution in [3.63, 3.8) is 0 Å². The predicted molar refractivity (Wildman–Crippen MR) is 107 cm³/mol. The molecule has 3 amide bonds. The van der Waals surface area contributed by atoms with E-state index < -0.39 is 0 Å². The van der Waals surface area contributed by atoms with E-state index in [4.69, 9.17) is 0 Å². The molecular weight excluding hydrogens is 615 g/mol. The van der Waals surface area contributed by atoms with Crippen LogP contribution in [0.25, 0.3) is 0 Å². The van der Waals surface area contributed by atoms with E-state index in [0.29, 0.717) is 27.6 Å². The Morgan fingerprint density at radius 1 is 0.810 bits per heavy atom. The highest BCUT2D eigenvalue weighted by molar-refractivity contribution is 14.1. The summed E-state index contributed by atoms with van der Waals surface area (Å²) in [7, 11) is 1.53. The molecule has 9 heteroatoms. The minimum absolute atomic E-state index is 0.247. The Morgan fingerprint density at radius 3 is 1.48 bits per heavy atom. The molecule has 0 heterocycles. The smallest absolute Gasteiger partial charge is 0.253 e.